The second-order valence-corrected chi connectivity index (χ2v) is 15.3. The van der Waals surface area contributed by atoms with Crippen molar-refractivity contribution in [1.29, 1.82) is 0 Å². The average Bonchev–Trinajstić information content (AvgIpc) is 3.72. The van der Waals surface area contributed by atoms with Gasteiger partial charge in [0.2, 0.25) is 0 Å². The van der Waals surface area contributed by atoms with Crippen molar-refractivity contribution in [2.45, 2.75) is 58.8 Å². The molecule has 7 rings (SSSR count). The largest absolute Gasteiger partial charge is 1.00 e. The zero-order valence-corrected chi connectivity index (χ0v) is 32.7. The van der Waals surface area contributed by atoms with Crippen molar-refractivity contribution in [3.05, 3.63) is 161 Å². The number of rotatable bonds is 2. The van der Waals surface area contributed by atoms with Crippen LogP contribution in [0.1, 0.15) is 70.2 Å². The van der Waals surface area contributed by atoms with Crippen LogP contribution in [0.15, 0.2) is 127 Å². The Morgan fingerprint density at radius 2 is 1.23 bits per heavy atom. The van der Waals surface area contributed by atoms with Gasteiger partial charge in [-0.15, -0.1) is 46.2 Å². The van der Waals surface area contributed by atoms with Crippen LogP contribution in [0.5, 0.6) is 0 Å². The van der Waals surface area contributed by atoms with Gasteiger partial charge in [0.25, 0.3) is 0 Å². The number of benzene rings is 5. The van der Waals surface area contributed by atoms with E-state index < -0.39 is 0 Å². The molecule has 0 saturated carbocycles. The first-order valence-electron chi connectivity index (χ1n) is 15.6. The van der Waals surface area contributed by atoms with Crippen LogP contribution in [0.25, 0.3) is 32.3 Å². The molecule has 6 aromatic carbocycles. The Balaban J connectivity index is 0.000000215. The van der Waals surface area contributed by atoms with E-state index in [9.17, 15) is 0 Å². The molecule has 0 atom stereocenters. The van der Waals surface area contributed by atoms with E-state index in [1.807, 2.05) is 24.3 Å². The standard InChI is InChI=1S/C21H25.C17H11Cl.C5H5.2ClH.Zr/c1-20(2,3)16-7-9-18-14(12-16)11-15-13-17(21(4,5)6)8-10-19(15)18;18-16-10-8-13(9-11-16)12-15-6-3-5-14-4-1-2-7-17(14)15;1-2-4-5-3-1;;;/h7-13H,1-6H3;1-11H;1-3H,4H2;2*1H;/q-1;;-1;;;+2/p-2. The fourth-order valence-electron chi connectivity index (χ4n) is 5.51. The molecule has 0 N–H and O–H groups in total. The molecule has 0 amide bonds. The van der Waals surface area contributed by atoms with Crippen molar-refractivity contribution < 1.29 is 49.0 Å². The Labute approximate surface area is 313 Å². The van der Waals surface area contributed by atoms with Crippen LogP contribution in [0.3, 0.4) is 0 Å². The first-order chi connectivity index (χ1) is 21.4. The molecule has 6 aromatic rings. The summed E-state index contributed by atoms with van der Waals surface area (Å²) in [6.07, 6.45) is 10.0. The smallest absolute Gasteiger partial charge is 0.109 e. The van der Waals surface area contributed by atoms with Crippen molar-refractivity contribution in [3.63, 3.8) is 0 Å². The molecule has 0 aromatic heterocycles. The molecule has 1 aliphatic carbocycles. The molecule has 0 saturated heterocycles. The molecule has 0 aliphatic heterocycles. The zero-order valence-electron chi connectivity index (χ0n) is 28.0. The van der Waals surface area contributed by atoms with E-state index in [0.29, 0.717) is 0 Å². The minimum absolute atomic E-state index is 0. The normalized spacial score (nSPS) is 12.1. The Hall–Kier alpha value is -2.67. The van der Waals surface area contributed by atoms with Gasteiger partial charge in [-0.05, 0) is 10.8 Å². The van der Waals surface area contributed by atoms with Crippen LogP contribution in [0.2, 0.25) is 5.02 Å². The van der Waals surface area contributed by atoms with Crippen LogP contribution < -0.4 is 24.8 Å². The van der Waals surface area contributed by atoms with Crippen molar-refractivity contribution in [2.24, 2.45) is 0 Å². The minimum Gasteiger partial charge on any atom is -1.00 e. The fourth-order valence-corrected chi connectivity index (χ4v) is 6.58. The maximum Gasteiger partial charge on any atom is -0.109 e. The van der Waals surface area contributed by atoms with Gasteiger partial charge in [0, 0.05) is 0 Å². The van der Waals surface area contributed by atoms with Crippen LogP contribution in [-0.2, 0) is 35.1 Å². The van der Waals surface area contributed by atoms with Crippen molar-refractivity contribution in [1.82, 2.24) is 0 Å². The summed E-state index contributed by atoms with van der Waals surface area (Å²) in [7, 11) is 0. The number of hydrogen-bond donors (Lipinski definition) is 0. The zero-order chi connectivity index (χ0) is 32.2. The van der Waals surface area contributed by atoms with E-state index >= 15 is 0 Å². The number of fused-ring (bicyclic) bond motifs is 4. The molecule has 0 radical (unpaired) electrons. The summed E-state index contributed by atoms with van der Waals surface area (Å²) >= 11 is 7.37. The number of hydrogen-bond acceptors (Lipinski definition) is 0. The van der Waals surface area contributed by atoms with Crippen molar-refractivity contribution in [2.75, 3.05) is 0 Å². The molecule has 1 aliphatic rings. The predicted molar refractivity (Wildman–Crippen MR) is 195 cm³/mol. The van der Waals surface area contributed by atoms with Gasteiger partial charge in [-0.2, -0.15) is 6.08 Å². The van der Waals surface area contributed by atoms with E-state index in [2.05, 4.69) is 151 Å². The monoisotopic (exact) mass is 752 g/mol. The maximum atomic E-state index is 5.96. The molecular formula is C43H41Cl3Zr-2. The first-order valence-corrected chi connectivity index (χ1v) is 17.2. The molecule has 0 fully saturated rings. The summed E-state index contributed by atoms with van der Waals surface area (Å²) in [6.45, 7) is 13.6. The van der Waals surface area contributed by atoms with Gasteiger partial charge >= 0.3 is 133 Å². The summed E-state index contributed by atoms with van der Waals surface area (Å²) in [5, 5.41) is 8.86. The molecule has 0 bridgehead atoms. The molecule has 240 valence electrons. The van der Waals surface area contributed by atoms with Gasteiger partial charge in [0.15, 0.2) is 0 Å². The second-order valence-electron chi connectivity index (χ2n) is 13.7. The summed E-state index contributed by atoms with van der Waals surface area (Å²) in [5.41, 5.74) is 5.78. The van der Waals surface area contributed by atoms with Gasteiger partial charge in [-0.25, -0.2) is 12.2 Å². The van der Waals surface area contributed by atoms with Crippen LogP contribution in [-0.4, -0.2) is 3.21 Å². The maximum absolute atomic E-state index is 5.96. The molecule has 4 heteroatoms. The summed E-state index contributed by atoms with van der Waals surface area (Å²) in [4.78, 5) is 0. The predicted octanol–water partition coefficient (Wildman–Crippen LogP) is 6.23. The van der Waals surface area contributed by atoms with E-state index in [-0.39, 0.29) is 35.6 Å². The Morgan fingerprint density at radius 1 is 0.681 bits per heavy atom. The van der Waals surface area contributed by atoms with E-state index in [4.69, 9.17) is 11.6 Å². The van der Waals surface area contributed by atoms with Crippen molar-refractivity contribution >= 4 is 47.1 Å². The third-order valence-electron chi connectivity index (χ3n) is 8.21. The fraction of sp³-hybridized carbons (Fsp3) is 0.209. The van der Waals surface area contributed by atoms with E-state index in [1.165, 1.54) is 82.0 Å². The van der Waals surface area contributed by atoms with Crippen LogP contribution >= 0.6 is 11.6 Å². The van der Waals surface area contributed by atoms with Gasteiger partial charge in [-0.3, -0.25) is 6.08 Å². The van der Waals surface area contributed by atoms with Crippen molar-refractivity contribution in [3.8, 4) is 0 Å². The Kier molecular flexibility index (Phi) is 13.7. The summed E-state index contributed by atoms with van der Waals surface area (Å²) in [6, 6.07) is 39.3. The van der Waals surface area contributed by atoms with Gasteiger partial charge < -0.3 is 24.8 Å². The molecule has 47 heavy (non-hydrogen) atoms. The topological polar surface area (TPSA) is 0 Å². The van der Waals surface area contributed by atoms with E-state index in [0.717, 1.165) is 11.4 Å². The van der Waals surface area contributed by atoms with Gasteiger partial charge in [-0.1, -0.05) is 76.9 Å². The third kappa shape index (κ3) is 9.71. The first kappa shape index (κ1) is 38.8. The summed E-state index contributed by atoms with van der Waals surface area (Å²) < 4.78 is 1.36. The minimum atomic E-state index is 0. The third-order valence-corrected chi connectivity index (χ3v) is 9.84. The Morgan fingerprint density at radius 3 is 1.72 bits per heavy atom. The molecule has 0 nitrogen and oxygen atoms in total. The van der Waals surface area contributed by atoms with Gasteiger partial charge in [0.05, 0.1) is 0 Å². The van der Waals surface area contributed by atoms with Crippen LogP contribution in [0.4, 0.5) is 0 Å². The molecule has 0 spiro atoms. The molecule has 0 heterocycles. The average molecular weight is 755 g/mol. The number of allylic oxidation sites excluding steroid dienone is 4. The summed E-state index contributed by atoms with van der Waals surface area (Å²) in [5.74, 6) is 0. The molecule has 0 unspecified atom stereocenters. The van der Waals surface area contributed by atoms with Crippen LogP contribution in [0, 0.1) is 6.08 Å². The number of halogens is 3. The Bertz CT molecular complexity index is 1930. The van der Waals surface area contributed by atoms with E-state index in [1.54, 1.807) is 0 Å². The van der Waals surface area contributed by atoms with Gasteiger partial charge in [0.1, 0.15) is 0 Å². The second kappa shape index (κ2) is 16.6. The SMILES string of the molecule is CC(C)(C)c1ccc2c(c1)[cH-]c1cc(C(C)(C)C)ccc12.Clc1ccc([C](=[Zr+2])c2cccc3ccccc23)cc1.[C-]1=CC=CC1.[Cl-].[Cl-]. The quantitative estimate of drug-likeness (QED) is 0.184. The molecular weight excluding hydrogens is 714 g/mol.